The Hall–Kier alpha value is -1.44. The van der Waals surface area contributed by atoms with Gasteiger partial charge < -0.3 is 4.74 Å². The fraction of sp³-hybridized carbons (Fsp3) is 0.235. The van der Waals surface area contributed by atoms with Gasteiger partial charge in [-0.15, -0.1) is 0 Å². The number of thioether (sulfide) groups is 1. The Kier molecular flexibility index (Phi) is 5.53. The summed E-state index contributed by atoms with van der Waals surface area (Å²) in [5, 5.41) is -0.186. The van der Waals surface area contributed by atoms with E-state index in [0.717, 1.165) is 21.3 Å². The van der Waals surface area contributed by atoms with Crippen molar-refractivity contribution in [3.8, 4) is 5.75 Å². The van der Waals surface area contributed by atoms with Crippen LogP contribution in [0, 0.1) is 0 Å². The van der Waals surface area contributed by atoms with Crippen LogP contribution in [0.5, 0.6) is 5.75 Å². The molecule has 0 bridgehead atoms. The number of ether oxygens (including phenoxy) is 1. The molecule has 1 aromatic heterocycles. The summed E-state index contributed by atoms with van der Waals surface area (Å²) in [7, 11) is 1.63. The molecule has 4 nitrogen and oxygen atoms in total. The van der Waals surface area contributed by atoms with Crippen LogP contribution in [0.2, 0.25) is 0 Å². The number of benzene rings is 1. The van der Waals surface area contributed by atoms with E-state index in [1.165, 1.54) is 11.8 Å². The number of nitrogens with zero attached hydrogens (tertiary/aromatic N) is 2. The van der Waals surface area contributed by atoms with Crippen LogP contribution in [0.4, 0.5) is 0 Å². The standard InChI is InChI=1S/C17H15BrN2O2S2/c1-22-14-5-4-11(7-13(14)18)8-15-16(21)20(17(23)24-15)10-12-3-2-6-19-9-12/h2-7,9,15H,8,10H2,1H3/t15-/m0/s1. The molecule has 1 saturated heterocycles. The predicted octanol–water partition coefficient (Wildman–Crippen LogP) is 3.82. The molecule has 1 aliphatic rings. The molecule has 0 aliphatic carbocycles. The minimum absolute atomic E-state index is 0.0563. The number of halogens is 1. The normalized spacial score (nSPS) is 17.4. The van der Waals surface area contributed by atoms with Crippen molar-refractivity contribution in [1.82, 2.24) is 9.88 Å². The Morgan fingerprint density at radius 2 is 2.21 bits per heavy atom. The van der Waals surface area contributed by atoms with E-state index in [2.05, 4.69) is 20.9 Å². The lowest BCUT2D eigenvalue weighted by Crippen LogP contribution is -2.31. The molecule has 1 fully saturated rings. The highest BCUT2D eigenvalue weighted by Gasteiger charge is 2.36. The van der Waals surface area contributed by atoms with Crippen LogP contribution in [0.15, 0.2) is 47.2 Å². The lowest BCUT2D eigenvalue weighted by Gasteiger charge is -2.15. The van der Waals surface area contributed by atoms with Gasteiger partial charge in [-0.05, 0) is 51.7 Å². The van der Waals surface area contributed by atoms with Crippen molar-refractivity contribution in [1.29, 1.82) is 0 Å². The molecule has 0 radical (unpaired) electrons. The van der Waals surface area contributed by atoms with Crippen molar-refractivity contribution in [2.75, 3.05) is 7.11 Å². The predicted molar refractivity (Wildman–Crippen MR) is 103 cm³/mol. The van der Waals surface area contributed by atoms with Crippen molar-refractivity contribution in [2.24, 2.45) is 0 Å². The Morgan fingerprint density at radius 3 is 2.88 bits per heavy atom. The molecule has 1 amide bonds. The van der Waals surface area contributed by atoms with E-state index in [1.807, 2.05) is 30.3 Å². The van der Waals surface area contributed by atoms with Crippen LogP contribution in [-0.4, -0.2) is 32.5 Å². The summed E-state index contributed by atoms with van der Waals surface area (Å²) in [6.45, 7) is 0.474. The molecular formula is C17H15BrN2O2S2. The first-order valence-corrected chi connectivity index (χ1v) is 9.40. The van der Waals surface area contributed by atoms with E-state index in [4.69, 9.17) is 17.0 Å². The Morgan fingerprint density at radius 1 is 1.38 bits per heavy atom. The van der Waals surface area contributed by atoms with Gasteiger partial charge in [0.2, 0.25) is 5.91 Å². The van der Waals surface area contributed by atoms with Crippen molar-refractivity contribution in [2.45, 2.75) is 18.2 Å². The van der Waals surface area contributed by atoms with E-state index >= 15 is 0 Å². The lowest BCUT2D eigenvalue weighted by molar-refractivity contribution is -0.126. The molecule has 2 aromatic rings. The fourth-order valence-corrected chi connectivity index (χ4v) is 4.62. The van der Waals surface area contributed by atoms with Crippen LogP contribution in [0.3, 0.4) is 0 Å². The first-order valence-electron chi connectivity index (χ1n) is 7.32. The van der Waals surface area contributed by atoms with Gasteiger partial charge in [0, 0.05) is 12.4 Å². The average molecular weight is 423 g/mol. The van der Waals surface area contributed by atoms with Gasteiger partial charge in [0.1, 0.15) is 10.1 Å². The van der Waals surface area contributed by atoms with Crippen molar-refractivity contribution >= 4 is 50.1 Å². The van der Waals surface area contributed by atoms with Crippen LogP contribution in [-0.2, 0) is 17.8 Å². The van der Waals surface area contributed by atoms with Gasteiger partial charge >= 0.3 is 0 Å². The number of rotatable bonds is 5. The molecular weight excluding hydrogens is 408 g/mol. The van der Waals surface area contributed by atoms with Gasteiger partial charge in [-0.2, -0.15) is 0 Å². The zero-order valence-corrected chi connectivity index (χ0v) is 16.2. The molecule has 3 rings (SSSR count). The summed E-state index contributed by atoms with van der Waals surface area (Å²) in [6.07, 6.45) is 4.11. The molecule has 24 heavy (non-hydrogen) atoms. The maximum Gasteiger partial charge on any atom is 0.242 e. The van der Waals surface area contributed by atoms with E-state index in [0.29, 0.717) is 17.3 Å². The van der Waals surface area contributed by atoms with Crippen molar-refractivity contribution in [3.05, 3.63) is 58.3 Å². The molecule has 0 saturated carbocycles. The lowest BCUT2D eigenvalue weighted by atomic mass is 10.1. The number of pyridine rings is 1. The Labute approximate surface area is 158 Å². The maximum absolute atomic E-state index is 12.7. The van der Waals surface area contributed by atoms with Gasteiger partial charge in [0.05, 0.1) is 23.4 Å². The highest BCUT2D eigenvalue weighted by atomic mass is 79.9. The van der Waals surface area contributed by atoms with Gasteiger partial charge in [0.15, 0.2) is 0 Å². The molecule has 0 spiro atoms. The minimum Gasteiger partial charge on any atom is -0.496 e. The number of aromatic nitrogens is 1. The largest absolute Gasteiger partial charge is 0.496 e. The molecule has 1 aromatic carbocycles. The minimum atomic E-state index is -0.186. The molecule has 7 heteroatoms. The van der Waals surface area contributed by atoms with Gasteiger partial charge in [-0.1, -0.05) is 36.1 Å². The second-order valence-electron chi connectivity index (χ2n) is 5.33. The van der Waals surface area contributed by atoms with Gasteiger partial charge in [0.25, 0.3) is 0 Å². The SMILES string of the molecule is COc1ccc(C[C@@H]2SC(=S)N(Cc3cccnc3)C2=O)cc1Br. The van der Waals surface area contributed by atoms with Crippen molar-refractivity contribution < 1.29 is 9.53 Å². The Balaban J connectivity index is 1.71. The van der Waals surface area contributed by atoms with E-state index in [9.17, 15) is 4.79 Å². The number of carbonyl (C=O) groups is 1. The molecule has 0 N–H and O–H groups in total. The first kappa shape index (κ1) is 17.4. The number of thiocarbonyl (C=S) groups is 1. The summed E-state index contributed by atoms with van der Waals surface area (Å²) in [5.74, 6) is 0.832. The van der Waals surface area contributed by atoms with Crippen LogP contribution < -0.4 is 4.74 Å². The second-order valence-corrected chi connectivity index (χ2v) is 8.02. The summed E-state index contributed by atoms with van der Waals surface area (Å²) in [6, 6.07) is 9.67. The summed E-state index contributed by atoms with van der Waals surface area (Å²) in [5.41, 5.74) is 2.04. The number of methoxy groups -OCH3 is 1. The van der Waals surface area contributed by atoms with Crippen LogP contribution in [0.1, 0.15) is 11.1 Å². The number of carbonyl (C=O) groups excluding carboxylic acids is 1. The highest BCUT2D eigenvalue weighted by Crippen LogP contribution is 2.33. The highest BCUT2D eigenvalue weighted by molar-refractivity contribution is 9.10. The zero-order chi connectivity index (χ0) is 17.1. The topological polar surface area (TPSA) is 42.4 Å². The maximum atomic E-state index is 12.7. The number of hydrogen-bond donors (Lipinski definition) is 0. The molecule has 0 unspecified atom stereocenters. The first-order chi connectivity index (χ1) is 11.6. The van der Waals surface area contributed by atoms with E-state index in [1.54, 1.807) is 24.4 Å². The monoisotopic (exact) mass is 422 g/mol. The third-order valence-electron chi connectivity index (χ3n) is 3.71. The fourth-order valence-electron chi connectivity index (χ4n) is 2.50. The molecule has 1 atom stereocenters. The zero-order valence-electron chi connectivity index (χ0n) is 12.9. The number of hydrogen-bond acceptors (Lipinski definition) is 5. The van der Waals surface area contributed by atoms with Crippen LogP contribution >= 0.6 is 39.9 Å². The Bertz CT molecular complexity index is 770. The average Bonchev–Trinajstić information content (AvgIpc) is 2.84. The summed E-state index contributed by atoms with van der Waals surface area (Å²) in [4.78, 5) is 18.4. The summed E-state index contributed by atoms with van der Waals surface area (Å²) >= 11 is 10.3. The summed E-state index contributed by atoms with van der Waals surface area (Å²) < 4.78 is 6.75. The van der Waals surface area contributed by atoms with E-state index < -0.39 is 0 Å². The second kappa shape index (κ2) is 7.63. The van der Waals surface area contributed by atoms with Crippen LogP contribution in [0.25, 0.3) is 0 Å². The third-order valence-corrected chi connectivity index (χ3v) is 5.91. The number of amides is 1. The van der Waals surface area contributed by atoms with E-state index in [-0.39, 0.29) is 11.2 Å². The quantitative estimate of drug-likeness (QED) is 0.684. The smallest absolute Gasteiger partial charge is 0.242 e. The third kappa shape index (κ3) is 3.79. The molecule has 2 heterocycles. The molecule has 1 aliphatic heterocycles. The van der Waals surface area contributed by atoms with Gasteiger partial charge in [-0.3, -0.25) is 14.7 Å². The molecule has 124 valence electrons. The van der Waals surface area contributed by atoms with Gasteiger partial charge in [-0.25, -0.2) is 0 Å². The van der Waals surface area contributed by atoms with Crippen molar-refractivity contribution in [3.63, 3.8) is 0 Å².